The molecule has 0 saturated carbocycles. The maximum atomic E-state index is 13.0. The van der Waals surface area contributed by atoms with E-state index in [1.807, 2.05) is 26.0 Å². The molecule has 0 spiro atoms. The summed E-state index contributed by atoms with van der Waals surface area (Å²) in [5, 5.41) is 9.24. The zero-order valence-corrected chi connectivity index (χ0v) is 15.6. The Hall–Kier alpha value is -1.89. The molecule has 136 valence electrons. The summed E-state index contributed by atoms with van der Waals surface area (Å²) in [4.78, 5) is 0.296. The molecule has 0 aliphatic carbocycles. The number of hydrogen-bond donors (Lipinski definition) is 1. The normalized spacial score (nSPS) is 13.2. The van der Waals surface area contributed by atoms with E-state index in [2.05, 4.69) is 0 Å². The van der Waals surface area contributed by atoms with Crippen molar-refractivity contribution in [2.75, 3.05) is 6.54 Å². The van der Waals surface area contributed by atoms with Crippen LogP contribution in [0.3, 0.4) is 0 Å². The van der Waals surface area contributed by atoms with Gasteiger partial charge in [-0.2, -0.15) is 4.31 Å². The molecular formula is C19H25NO4S. The Labute approximate surface area is 149 Å². The van der Waals surface area contributed by atoms with Crippen LogP contribution in [0.4, 0.5) is 0 Å². The standard InChI is InChI=1S/C19H25NO4S/c1-15(2)13-20(25(22,23)19-7-5-4-6-8-19)14-17-9-11-18(12-10-17)24-16(3)21/h4-12,15-16,21H,13-14H2,1-3H3. The van der Waals surface area contributed by atoms with Gasteiger partial charge in [-0.25, -0.2) is 8.42 Å². The molecule has 0 bridgehead atoms. The van der Waals surface area contributed by atoms with Crippen molar-refractivity contribution in [3.63, 3.8) is 0 Å². The SMILES string of the molecule is CC(C)CN(Cc1ccc(OC(C)O)cc1)S(=O)(=O)c1ccccc1. The second-order valence-electron chi connectivity index (χ2n) is 6.37. The van der Waals surface area contributed by atoms with Crippen molar-refractivity contribution in [3.8, 4) is 5.75 Å². The van der Waals surface area contributed by atoms with Gasteiger partial charge in [0, 0.05) is 13.1 Å². The van der Waals surface area contributed by atoms with Crippen LogP contribution >= 0.6 is 0 Å². The summed E-state index contributed by atoms with van der Waals surface area (Å²) in [7, 11) is -3.56. The molecule has 5 nitrogen and oxygen atoms in total. The molecule has 0 aliphatic heterocycles. The first-order valence-corrected chi connectivity index (χ1v) is 9.72. The minimum atomic E-state index is -3.56. The molecule has 2 aromatic carbocycles. The number of aliphatic hydroxyl groups excluding tert-OH is 1. The summed E-state index contributed by atoms with van der Waals surface area (Å²) >= 11 is 0. The van der Waals surface area contributed by atoms with Crippen molar-refractivity contribution >= 4 is 10.0 Å². The number of aliphatic hydroxyl groups is 1. The van der Waals surface area contributed by atoms with Crippen LogP contribution in [0.25, 0.3) is 0 Å². The predicted molar refractivity (Wildman–Crippen MR) is 97.6 cm³/mol. The van der Waals surface area contributed by atoms with Crippen LogP contribution in [0.15, 0.2) is 59.5 Å². The highest BCUT2D eigenvalue weighted by Gasteiger charge is 2.25. The maximum absolute atomic E-state index is 13.0. The first-order valence-electron chi connectivity index (χ1n) is 8.28. The summed E-state index contributed by atoms with van der Waals surface area (Å²) < 4.78 is 32.6. The summed E-state index contributed by atoms with van der Waals surface area (Å²) in [6.45, 7) is 6.23. The summed E-state index contributed by atoms with van der Waals surface area (Å²) in [5.74, 6) is 0.747. The zero-order chi connectivity index (χ0) is 18.4. The van der Waals surface area contributed by atoms with Crippen molar-refractivity contribution in [3.05, 3.63) is 60.2 Å². The van der Waals surface area contributed by atoms with E-state index < -0.39 is 16.3 Å². The van der Waals surface area contributed by atoms with Crippen LogP contribution in [-0.2, 0) is 16.6 Å². The van der Waals surface area contributed by atoms with Crippen molar-refractivity contribution in [1.29, 1.82) is 0 Å². The lowest BCUT2D eigenvalue weighted by Gasteiger charge is -2.24. The minimum absolute atomic E-state index is 0.205. The van der Waals surface area contributed by atoms with Crippen LogP contribution in [0.1, 0.15) is 26.3 Å². The van der Waals surface area contributed by atoms with E-state index in [9.17, 15) is 13.5 Å². The average molecular weight is 363 g/mol. The number of rotatable bonds is 8. The van der Waals surface area contributed by atoms with E-state index in [4.69, 9.17) is 4.74 Å². The lowest BCUT2D eigenvalue weighted by Crippen LogP contribution is -2.33. The Bertz CT molecular complexity index is 756. The topological polar surface area (TPSA) is 66.8 Å². The third-order valence-corrected chi connectivity index (χ3v) is 5.36. The molecule has 0 aliphatic rings. The monoisotopic (exact) mass is 363 g/mol. The smallest absolute Gasteiger partial charge is 0.243 e. The molecule has 0 radical (unpaired) electrons. The van der Waals surface area contributed by atoms with Crippen LogP contribution in [0, 0.1) is 5.92 Å². The molecule has 0 saturated heterocycles. The summed E-state index contributed by atoms with van der Waals surface area (Å²) in [6, 6.07) is 15.6. The van der Waals surface area contributed by atoms with Gasteiger partial charge in [-0.15, -0.1) is 0 Å². The Kier molecular flexibility index (Phi) is 6.58. The number of hydrogen-bond acceptors (Lipinski definition) is 4. The lowest BCUT2D eigenvalue weighted by atomic mass is 10.2. The second kappa shape index (κ2) is 8.47. The van der Waals surface area contributed by atoms with Crippen LogP contribution < -0.4 is 4.74 Å². The first kappa shape index (κ1) is 19.4. The van der Waals surface area contributed by atoms with Crippen LogP contribution in [0.2, 0.25) is 0 Å². The Balaban J connectivity index is 2.23. The Morgan fingerprint density at radius 2 is 1.60 bits per heavy atom. The molecular weight excluding hydrogens is 338 g/mol. The van der Waals surface area contributed by atoms with Gasteiger partial charge in [-0.3, -0.25) is 0 Å². The molecule has 1 unspecified atom stereocenters. The number of sulfonamides is 1. The summed E-state index contributed by atoms with van der Waals surface area (Å²) in [5.41, 5.74) is 0.859. The fourth-order valence-electron chi connectivity index (χ4n) is 2.47. The van der Waals surface area contributed by atoms with E-state index in [1.54, 1.807) is 42.5 Å². The molecule has 0 fully saturated rings. The molecule has 1 N–H and O–H groups in total. The molecule has 2 rings (SSSR count). The van der Waals surface area contributed by atoms with E-state index >= 15 is 0 Å². The highest BCUT2D eigenvalue weighted by Crippen LogP contribution is 2.21. The molecule has 1 atom stereocenters. The highest BCUT2D eigenvalue weighted by molar-refractivity contribution is 7.89. The van der Waals surface area contributed by atoms with Gasteiger partial charge < -0.3 is 9.84 Å². The predicted octanol–water partition coefficient (Wildman–Crippen LogP) is 3.25. The molecule has 2 aromatic rings. The van der Waals surface area contributed by atoms with Gasteiger partial charge in [0.05, 0.1) is 4.90 Å². The first-order chi connectivity index (χ1) is 11.8. The third-order valence-electron chi connectivity index (χ3n) is 3.54. The molecule has 0 heterocycles. The van der Waals surface area contributed by atoms with E-state index in [0.29, 0.717) is 17.2 Å². The number of nitrogens with zero attached hydrogens (tertiary/aromatic N) is 1. The van der Waals surface area contributed by atoms with Crippen molar-refractivity contribution in [2.45, 2.75) is 38.5 Å². The van der Waals surface area contributed by atoms with Crippen molar-refractivity contribution in [2.24, 2.45) is 5.92 Å². The van der Waals surface area contributed by atoms with Crippen LogP contribution in [0.5, 0.6) is 5.75 Å². The van der Waals surface area contributed by atoms with E-state index in [-0.39, 0.29) is 12.5 Å². The van der Waals surface area contributed by atoms with Gasteiger partial charge in [-0.05, 0) is 42.7 Å². The van der Waals surface area contributed by atoms with Crippen molar-refractivity contribution < 1.29 is 18.3 Å². The van der Waals surface area contributed by atoms with Gasteiger partial charge in [0.25, 0.3) is 0 Å². The lowest BCUT2D eigenvalue weighted by molar-refractivity contribution is -0.000308. The Morgan fingerprint density at radius 1 is 1.00 bits per heavy atom. The third kappa shape index (κ3) is 5.56. The van der Waals surface area contributed by atoms with E-state index in [1.165, 1.54) is 11.2 Å². The second-order valence-corrected chi connectivity index (χ2v) is 8.30. The zero-order valence-electron chi connectivity index (χ0n) is 14.8. The van der Waals surface area contributed by atoms with Gasteiger partial charge in [-0.1, -0.05) is 44.2 Å². The van der Waals surface area contributed by atoms with Gasteiger partial charge in [0.15, 0.2) is 6.29 Å². The van der Waals surface area contributed by atoms with Crippen LogP contribution in [-0.4, -0.2) is 30.7 Å². The van der Waals surface area contributed by atoms with Gasteiger partial charge in [0.2, 0.25) is 10.0 Å². The number of ether oxygens (including phenoxy) is 1. The van der Waals surface area contributed by atoms with Gasteiger partial charge in [0.1, 0.15) is 5.75 Å². The molecule has 0 amide bonds. The maximum Gasteiger partial charge on any atom is 0.243 e. The van der Waals surface area contributed by atoms with Crippen molar-refractivity contribution in [1.82, 2.24) is 4.31 Å². The quantitative estimate of drug-likeness (QED) is 0.731. The minimum Gasteiger partial charge on any atom is -0.465 e. The van der Waals surface area contributed by atoms with E-state index in [0.717, 1.165) is 5.56 Å². The fraction of sp³-hybridized carbons (Fsp3) is 0.368. The molecule has 6 heteroatoms. The Morgan fingerprint density at radius 3 is 2.12 bits per heavy atom. The largest absolute Gasteiger partial charge is 0.465 e. The highest BCUT2D eigenvalue weighted by atomic mass is 32.2. The number of benzene rings is 2. The average Bonchev–Trinajstić information content (AvgIpc) is 2.56. The fourth-order valence-corrected chi connectivity index (χ4v) is 4.08. The molecule has 25 heavy (non-hydrogen) atoms. The molecule has 0 aromatic heterocycles. The summed E-state index contributed by atoms with van der Waals surface area (Å²) in [6.07, 6.45) is -0.887. The van der Waals surface area contributed by atoms with Gasteiger partial charge >= 0.3 is 0 Å².